The zero-order chi connectivity index (χ0) is 27.7. The number of halogens is 3. The molecule has 3 amide bonds. The van der Waals surface area contributed by atoms with Crippen molar-refractivity contribution in [2.24, 2.45) is 5.73 Å². The van der Waals surface area contributed by atoms with Crippen molar-refractivity contribution in [2.75, 3.05) is 68.2 Å². The molecule has 12 nitrogen and oxygen atoms in total. The molecular formula is C22H29F3N8O4S. The fraction of sp³-hybridized carbons (Fsp3) is 0.500. The van der Waals surface area contributed by atoms with Crippen LogP contribution in [0.1, 0.15) is 11.1 Å². The summed E-state index contributed by atoms with van der Waals surface area (Å²) >= 11 is 0. The van der Waals surface area contributed by atoms with E-state index in [-0.39, 0.29) is 5.82 Å². The predicted octanol–water partition coefficient (Wildman–Crippen LogP) is 1.26. The summed E-state index contributed by atoms with van der Waals surface area (Å²) in [6.45, 7) is 3.44. The lowest BCUT2D eigenvalue weighted by molar-refractivity contribution is -0.137. The van der Waals surface area contributed by atoms with Crippen LogP contribution in [0.2, 0.25) is 0 Å². The molecule has 1 aromatic carbocycles. The molecule has 38 heavy (non-hydrogen) atoms. The molecule has 3 N–H and O–H groups in total. The van der Waals surface area contributed by atoms with E-state index in [2.05, 4.69) is 14.7 Å². The molecule has 4 rings (SSSR count). The molecule has 1 aromatic heterocycles. The molecule has 2 saturated heterocycles. The first-order valence-electron chi connectivity index (χ1n) is 11.8. The molecule has 0 atom stereocenters. The zero-order valence-corrected chi connectivity index (χ0v) is 21.5. The van der Waals surface area contributed by atoms with Crippen LogP contribution in [0.15, 0.2) is 30.5 Å². The number of primary amides is 1. The number of nitrogens with two attached hydrogens (primary N) is 1. The quantitative estimate of drug-likeness (QED) is 0.564. The molecule has 2 fully saturated rings. The number of aromatic nitrogens is 2. The molecular weight excluding hydrogens is 529 g/mol. The molecule has 0 unspecified atom stereocenters. The van der Waals surface area contributed by atoms with Crippen molar-refractivity contribution in [1.82, 2.24) is 24.5 Å². The minimum absolute atomic E-state index is 0.0333. The first-order valence-corrected chi connectivity index (χ1v) is 13.7. The van der Waals surface area contributed by atoms with Crippen LogP contribution >= 0.6 is 0 Å². The van der Waals surface area contributed by atoms with Crippen LogP contribution in [0.25, 0.3) is 0 Å². The Morgan fingerprint density at radius 1 is 1.00 bits per heavy atom. The summed E-state index contributed by atoms with van der Waals surface area (Å²) in [5, 5.41) is 3.96. The maximum Gasteiger partial charge on any atom is 0.416 e. The number of amides is 3. The van der Waals surface area contributed by atoms with E-state index in [4.69, 9.17) is 5.73 Å². The van der Waals surface area contributed by atoms with E-state index in [1.807, 2.05) is 4.90 Å². The second kappa shape index (κ2) is 10.7. The minimum atomic E-state index is -4.49. The largest absolute Gasteiger partial charge is 0.416 e. The standard InChI is InChI=1S/C22H29F3N8O4S/c1-38(36,37)28-19-4-5-33(27-19)21(35)32-8-6-29(7-9-32)15-16-2-3-17(22(23,24)25)14-18(16)30-10-12-31(13-11-30)20(26)34/h2-5,14H,6-13,15H2,1H3,(H2,26,34)(H,27,28). The third-order valence-electron chi connectivity index (χ3n) is 6.46. The molecule has 0 spiro atoms. The fourth-order valence-electron chi connectivity index (χ4n) is 4.49. The lowest BCUT2D eigenvalue weighted by atomic mass is 10.1. The van der Waals surface area contributed by atoms with Crippen molar-refractivity contribution < 1.29 is 31.2 Å². The summed E-state index contributed by atoms with van der Waals surface area (Å²) < 4.78 is 66.4. The normalized spacial score (nSPS) is 17.5. The number of anilines is 2. The minimum Gasteiger partial charge on any atom is -0.368 e. The first-order chi connectivity index (χ1) is 17.8. The highest BCUT2D eigenvalue weighted by molar-refractivity contribution is 7.92. The Balaban J connectivity index is 1.42. The smallest absolute Gasteiger partial charge is 0.368 e. The summed E-state index contributed by atoms with van der Waals surface area (Å²) in [4.78, 5) is 31.2. The van der Waals surface area contributed by atoms with Crippen molar-refractivity contribution in [2.45, 2.75) is 12.7 Å². The topological polar surface area (TPSA) is 137 Å². The highest BCUT2D eigenvalue weighted by atomic mass is 32.2. The highest BCUT2D eigenvalue weighted by Crippen LogP contribution is 2.34. The van der Waals surface area contributed by atoms with Gasteiger partial charge in [0, 0.05) is 76.9 Å². The van der Waals surface area contributed by atoms with Crippen LogP contribution in [-0.4, -0.2) is 104 Å². The maximum absolute atomic E-state index is 13.5. The monoisotopic (exact) mass is 558 g/mol. The van der Waals surface area contributed by atoms with Crippen molar-refractivity contribution in [3.8, 4) is 0 Å². The van der Waals surface area contributed by atoms with E-state index in [0.29, 0.717) is 70.2 Å². The number of sulfonamides is 1. The Bertz CT molecular complexity index is 1280. The molecule has 0 saturated carbocycles. The van der Waals surface area contributed by atoms with Gasteiger partial charge in [0.05, 0.1) is 11.8 Å². The lowest BCUT2D eigenvalue weighted by Gasteiger charge is -2.38. The Morgan fingerprint density at radius 2 is 1.63 bits per heavy atom. The van der Waals surface area contributed by atoms with Gasteiger partial charge in [0.2, 0.25) is 10.0 Å². The number of benzene rings is 1. The Morgan fingerprint density at radius 3 is 2.21 bits per heavy atom. The Labute approximate surface area is 217 Å². The van der Waals surface area contributed by atoms with E-state index in [9.17, 15) is 31.2 Å². The lowest BCUT2D eigenvalue weighted by Crippen LogP contribution is -2.51. The molecule has 2 aliphatic rings. The average Bonchev–Trinajstić information content (AvgIpc) is 3.30. The SMILES string of the molecule is CS(=O)(=O)Nc1ccn(C(=O)N2CCN(Cc3ccc(C(F)(F)F)cc3N3CCN(C(N)=O)CC3)CC2)n1. The van der Waals surface area contributed by atoms with Gasteiger partial charge in [-0.15, -0.1) is 5.10 Å². The third kappa shape index (κ3) is 6.66. The summed E-state index contributed by atoms with van der Waals surface area (Å²) in [5.41, 5.74) is 5.77. The highest BCUT2D eigenvalue weighted by Gasteiger charge is 2.33. The number of hydrogen-bond acceptors (Lipinski definition) is 7. The van der Waals surface area contributed by atoms with Crippen molar-refractivity contribution in [3.63, 3.8) is 0 Å². The number of rotatable bonds is 5. The van der Waals surface area contributed by atoms with Crippen molar-refractivity contribution >= 4 is 33.6 Å². The van der Waals surface area contributed by atoms with Crippen LogP contribution in [0.5, 0.6) is 0 Å². The van der Waals surface area contributed by atoms with Gasteiger partial charge in [-0.05, 0) is 17.7 Å². The van der Waals surface area contributed by atoms with E-state index >= 15 is 0 Å². The molecule has 16 heteroatoms. The van der Waals surface area contributed by atoms with Gasteiger partial charge in [-0.1, -0.05) is 6.07 Å². The number of hydrogen-bond donors (Lipinski definition) is 2. The number of carbonyl (C=O) groups excluding carboxylic acids is 2. The van der Waals surface area contributed by atoms with E-state index in [1.54, 1.807) is 4.90 Å². The Kier molecular flexibility index (Phi) is 7.73. The maximum atomic E-state index is 13.5. The van der Waals surface area contributed by atoms with E-state index in [0.717, 1.165) is 23.1 Å². The fourth-order valence-corrected chi connectivity index (χ4v) is 4.98. The van der Waals surface area contributed by atoms with Gasteiger partial charge in [-0.2, -0.15) is 17.9 Å². The van der Waals surface area contributed by atoms with Gasteiger partial charge in [0.1, 0.15) is 0 Å². The van der Waals surface area contributed by atoms with Gasteiger partial charge in [0.25, 0.3) is 0 Å². The number of urea groups is 1. The molecule has 0 radical (unpaired) electrons. The summed E-state index contributed by atoms with van der Waals surface area (Å²) in [6, 6.07) is 4.11. The third-order valence-corrected chi connectivity index (χ3v) is 7.04. The van der Waals surface area contributed by atoms with Crippen molar-refractivity contribution in [1.29, 1.82) is 0 Å². The van der Waals surface area contributed by atoms with Crippen LogP contribution < -0.4 is 15.4 Å². The van der Waals surface area contributed by atoms with Crippen LogP contribution in [0.3, 0.4) is 0 Å². The van der Waals surface area contributed by atoms with E-state index < -0.39 is 33.8 Å². The number of alkyl halides is 3. The van der Waals surface area contributed by atoms with Gasteiger partial charge < -0.3 is 20.4 Å². The predicted molar refractivity (Wildman–Crippen MR) is 133 cm³/mol. The number of carbonyl (C=O) groups is 2. The summed E-state index contributed by atoms with van der Waals surface area (Å²) in [5.74, 6) is 0.0333. The van der Waals surface area contributed by atoms with Gasteiger partial charge >= 0.3 is 18.2 Å². The molecule has 3 heterocycles. The number of nitrogens with one attached hydrogen (secondary N) is 1. The van der Waals surface area contributed by atoms with Crippen LogP contribution in [0, 0.1) is 0 Å². The van der Waals surface area contributed by atoms with Gasteiger partial charge in [-0.25, -0.2) is 18.0 Å². The van der Waals surface area contributed by atoms with Crippen LogP contribution in [0.4, 0.5) is 34.3 Å². The number of piperazine rings is 2. The Hall–Kier alpha value is -3.53. The molecule has 0 bridgehead atoms. The molecule has 0 aliphatic carbocycles. The zero-order valence-electron chi connectivity index (χ0n) is 20.7. The average molecular weight is 559 g/mol. The summed E-state index contributed by atoms with van der Waals surface area (Å²) in [7, 11) is -3.53. The van der Waals surface area contributed by atoms with Crippen LogP contribution in [-0.2, 0) is 22.7 Å². The van der Waals surface area contributed by atoms with Gasteiger partial charge in [-0.3, -0.25) is 9.62 Å². The second-order valence-electron chi connectivity index (χ2n) is 9.22. The first kappa shape index (κ1) is 27.5. The molecule has 208 valence electrons. The molecule has 2 aliphatic heterocycles. The van der Waals surface area contributed by atoms with Crippen molar-refractivity contribution in [3.05, 3.63) is 41.6 Å². The summed E-state index contributed by atoms with van der Waals surface area (Å²) in [6.07, 6.45) is -2.14. The second-order valence-corrected chi connectivity index (χ2v) is 11.0. The van der Waals surface area contributed by atoms with E-state index in [1.165, 1.54) is 23.2 Å². The number of nitrogens with zero attached hydrogens (tertiary/aromatic N) is 6. The molecule has 2 aromatic rings. The van der Waals surface area contributed by atoms with Gasteiger partial charge in [0.15, 0.2) is 5.82 Å².